The molecule has 0 atom stereocenters. The van der Waals surface area contributed by atoms with Crippen LogP contribution in [0.15, 0.2) is 48.0 Å². The monoisotopic (exact) mass is 256 g/mol. The second-order valence-corrected chi connectivity index (χ2v) is 5.39. The number of hydrogen-bond acceptors (Lipinski definition) is 2. The highest BCUT2D eigenvalue weighted by molar-refractivity contribution is 7.09. The Kier molecular flexibility index (Phi) is 3.44. The van der Waals surface area contributed by atoms with Crippen LogP contribution in [0.5, 0.6) is 0 Å². The zero-order valence-corrected chi connectivity index (χ0v) is 11.0. The Bertz CT molecular complexity index is 610. The molecule has 0 saturated carbocycles. The number of fused-ring (bicyclic) bond motifs is 1. The molecule has 3 aromatic rings. The highest BCUT2D eigenvalue weighted by Crippen LogP contribution is 2.17. The van der Waals surface area contributed by atoms with Gasteiger partial charge in [-0.05, 0) is 35.6 Å². The van der Waals surface area contributed by atoms with Crippen molar-refractivity contribution in [3.63, 3.8) is 0 Å². The molecule has 0 bridgehead atoms. The van der Waals surface area contributed by atoms with E-state index in [9.17, 15) is 0 Å². The average Bonchev–Trinajstić information content (AvgIpc) is 3.05. The Hall–Kier alpha value is -1.58. The zero-order chi connectivity index (χ0) is 12.2. The van der Waals surface area contributed by atoms with Gasteiger partial charge in [-0.2, -0.15) is 0 Å². The van der Waals surface area contributed by atoms with Crippen LogP contribution in [0.2, 0.25) is 0 Å². The van der Waals surface area contributed by atoms with Gasteiger partial charge in [-0.25, -0.2) is 0 Å². The minimum atomic E-state index is 0.931. The molecule has 92 valence electrons. The molecule has 2 aromatic heterocycles. The summed E-state index contributed by atoms with van der Waals surface area (Å²) in [5.41, 5.74) is 2.58. The smallest absolute Gasteiger partial charge is 0.0457 e. The van der Waals surface area contributed by atoms with Crippen molar-refractivity contribution in [1.29, 1.82) is 0 Å². The predicted molar refractivity (Wildman–Crippen MR) is 78.0 cm³/mol. The van der Waals surface area contributed by atoms with Crippen LogP contribution in [-0.2, 0) is 13.0 Å². The van der Waals surface area contributed by atoms with Crippen molar-refractivity contribution in [3.8, 4) is 0 Å². The number of aromatic nitrogens is 1. The lowest BCUT2D eigenvalue weighted by molar-refractivity contribution is 0.693. The lowest BCUT2D eigenvalue weighted by Gasteiger charge is -2.05. The van der Waals surface area contributed by atoms with Crippen molar-refractivity contribution in [2.75, 3.05) is 6.54 Å². The van der Waals surface area contributed by atoms with Crippen molar-refractivity contribution in [2.45, 2.75) is 13.0 Å². The van der Waals surface area contributed by atoms with Crippen molar-refractivity contribution >= 4 is 22.2 Å². The summed E-state index contributed by atoms with van der Waals surface area (Å²) >= 11 is 1.83. The number of nitrogens with one attached hydrogen (secondary N) is 2. The van der Waals surface area contributed by atoms with Crippen LogP contribution < -0.4 is 5.32 Å². The first-order valence-electron chi connectivity index (χ1n) is 6.21. The minimum absolute atomic E-state index is 0.931. The lowest BCUT2D eigenvalue weighted by Crippen LogP contribution is -2.16. The summed E-state index contributed by atoms with van der Waals surface area (Å²) in [6.07, 6.45) is 3.11. The molecule has 0 aliphatic carbocycles. The number of thiophene rings is 1. The van der Waals surface area contributed by atoms with E-state index in [0.29, 0.717) is 0 Å². The summed E-state index contributed by atoms with van der Waals surface area (Å²) in [5, 5.41) is 6.97. The first kappa shape index (κ1) is 11.5. The first-order chi connectivity index (χ1) is 8.93. The molecule has 2 N–H and O–H groups in total. The molecule has 18 heavy (non-hydrogen) atoms. The molecule has 0 radical (unpaired) electrons. The third kappa shape index (κ3) is 2.47. The number of benzene rings is 1. The van der Waals surface area contributed by atoms with Gasteiger partial charge in [-0.3, -0.25) is 0 Å². The van der Waals surface area contributed by atoms with Crippen LogP contribution in [-0.4, -0.2) is 11.5 Å². The summed E-state index contributed by atoms with van der Waals surface area (Å²) in [4.78, 5) is 4.69. The molecular formula is C15H16N2S. The highest BCUT2D eigenvalue weighted by Gasteiger charge is 2.01. The van der Waals surface area contributed by atoms with E-state index in [1.807, 2.05) is 17.5 Å². The molecule has 0 spiro atoms. The number of rotatable bonds is 5. The van der Waals surface area contributed by atoms with Crippen LogP contribution in [0.4, 0.5) is 0 Å². The first-order valence-corrected chi connectivity index (χ1v) is 7.09. The van der Waals surface area contributed by atoms with Gasteiger partial charge in [0.15, 0.2) is 0 Å². The minimum Gasteiger partial charge on any atom is -0.361 e. The van der Waals surface area contributed by atoms with Crippen molar-refractivity contribution in [2.24, 2.45) is 0 Å². The van der Waals surface area contributed by atoms with Crippen molar-refractivity contribution in [3.05, 3.63) is 58.4 Å². The van der Waals surface area contributed by atoms with E-state index < -0.39 is 0 Å². The molecule has 0 fully saturated rings. The zero-order valence-electron chi connectivity index (χ0n) is 10.1. The van der Waals surface area contributed by atoms with E-state index in [0.717, 1.165) is 19.5 Å². The summed E-state index contributed by atoms with van der Waals surface area (Å²) in [7, 11) is 0. The summed E-state index contributed by atoms with van der Waals surface area (Å²) < 4.78 is 0. The average molecular weight is 256 g/mol. The van der Waals surface area contributed by atoms with E-state index in [-0.39, 0.29) is 0 Å². The van der Waals surface area contributed by atoms with E-state index in [4.69, 9.17) is 0 Å². The third-order valence-corrected chi connectivity index (χ3v) is 4.07. The van der Waals surface area contributed by atoms with Gasteiger partial charge in [-0.15, -0.1) is 11.3 Å². The molecule has 3 heteroatoms. The van der Waals surface area contributed by atoms with Crippen LogP contribution in [0.3, 0.4) is 0 Å². The van der Waals surface area contributed by atoms with Gasteiger partial charge in [-0.1, -0.05) is 18.2 Å². The molecule has 2 heterocycles. The Morgan fingerprint density at radius 1 is 1.11 bits per heavy atom. The molecule has 3 rings (SSSR count). The summed E-state index contributed by atoms with van der Waals surface area (Å²) in [6, 6.07) is 12.9. The topological polar surface area (TPSA) is 27.8 Å². The molecule has 0 unspecified atom stereocenters. The lowest BCUT2D eigenvalue weighted by atomic mass is 10.1. The van der Waals surface area contributed by atoms with Crippen molar-refractivity contribution < 1.29 is 0 Å². The van der Waals surface area contributed by atoms with Gasteiger partial charge in [0.1, 0.15) is 0 Å². The standard InChI is InChI=1S/C15H16N2S/c1-3-12(14-7-9-17-15(14)5-1)11-16-8-6-13-4-2-10-18-13/h1-5,7,9-10,16-17H,6,8,11H2. The van der Waals surface area contributed by atoms with Crippen LogP contribution in [0.1, 0.15) is 10.4 Å². The van der Waals surface area contributed by atoms with Gasteiger partial charge < -0.3 is 10.3 Å². The fraction of sp³-hybridized carbons (Fsp3) is 0.200. The molecule has 0 aliphatic rings. The Morgan fingerprint density at radius 2 is 2.11 bits per heavy atom. The predicted octanol–water partition coefficient (Wildman–Crippen LogP) is 3.56. The molecule has 0 amide bonds. The van der Waals surface area contributed by atoms with E-state index in [2.05, 4.69) is 52.1 Å². The van der Waals surface area contributed by atoms with Gasteiger partial charge in [0, 0.05) is 35.1 Å². The molecule has 1 aromatic carbocycles. The Morgan fingerprint density at radius 3 is 3.00 bits per heavy atom. The fourth-order valence-electron chi connectivity index (χ4n) is 2.19. The van der Waals surface area contributed by atoms with Crippen LogP contribution >= 0.6 is 11.3 Å². The van der Waals surface area contributed by atoms with Gasteiger partial charge in [0.25, 0.3) is 0 Å². The van der Waals surface area contributed by atoms with Gasteiger partial charge in [0.05, 0.1) is 0 Å². The van der Waals surface area contributed by atoms with Gasteiger partial charge >= 0.3 is 0 Å². The quantitative estimate of drug-likeness (QED) is 0.671. The van der Waals surface area contributed by atoms with Crippen LogP contribution in [0.25, 0.3) is 10.9 Å². The summed E-state index contributed by atoms with van der Waals surface area (Å²) in [5.74, 6) is 0. The Labute approximate surface area is 111 Å². The molecule has 2 nitrogen and oxygen atoms in total. The molecule has 0 saturated heterocycles. The third-order valence-electron chi connectivity index (χ3n) is 3.13. The highest BCUT2D eigenvalue weighted by atomic mass is 32.1. The molecular weight excluding hydrogens is 240 g/mol. The Balaban J connectivity index is 1.58. The maximum atomic E-state index is 3.51. The fourth-order valence-corrected chi connectivity index (χ4v) is 2.90. The number of aromatic amines is 1. The van der Waals surface area contributed by atoms with E-state index in [1.54, 1.807) is 0 Å². The van der Waals surface area contributed by atoms with Gasteiger partial charge in [0.2, 0.25) is 0 Å². The largest absolute Gasteiger partial charge is 0.361 e. The normalized spacial score (nSPS) is 11.1. The van der Waals surface area contributed by atoms with E-state index in [1.165, 1.54) is 21.3 Å². The SMILES string of the molecule is c1csc(CCNCc2cccc3[nH]ccc23)c1. The number of hydrogen-bond donors (Lipinski definition) is 2. The van der Waals surface area contributed by atoms with E-state index >= 15 is 0 Å². The van der Waals surface area contributed by atoms with Crippen molar-refractivity contribution in [1.82, 2.24) is 10.3 Å². The number of H-pyrrole nitrogens is 1. The maximum absolute atomic E-state index is 3.51. The molecule has 0 aliphatic heterocycles. The second kappa shape index (κ2) is 5.38. The summed E-state index contributed by atoms with van der Waals surface area (Å²) in [6.45, 7) is 1.96. The maximum Gasteiger partial charge on any atom is 0.0457 e. The van der Waals surface area contributed by atoms with Crippen LogP contribution in [0, 0.1) is 0 Å². The second-order valence-electron chi connectivity index (χ2n) is 4.36.